The van der Waals surface area contributed by atoms with Crippen molar-refractivity contribution < 1.29 is 22.8 Å². The molecule has 39 heavy (non-hydrogen) atoms. The Balaban J connectivity index is 1.36. The van der Waals surface area contributed by atoms with Gasteiger partial charge in [-0.3, -0.25) is 9.69 Å². The van der Waals surface area contributed by atoms with Gasteiger partial charge in [0.2, 0.25) is 5.91 Å². The fourth-order valence-corrected chi connectivity index (χ4v) is 4.87. The van der Waals surface area contributed by atoms with Crippen molar-refractivity contribution in [3.05, 3.63) is 41.7 Å². The summed E-state index contributed by atoms with van der Waals surface area (Å²) in [5.74, 6) is 0.820. The number of likely N-dealkylation sites (N-methyl/N-ethyl adjacent to an activating group) is 1. The van der Waals surface area contributed by atoms with Crippen LogP contribution in [0.1, 0.15) is 30.9 Å². The number of anilines is 3. The molecule has 2 N–H and O–H groups in total. The van der Waals surface area contributed by atoms with Crippen LogP contribution in [0.2, 0.25) is 0 Å². The minimum Gasteiger partial charge on any atom is -0.355 e. The summed E-state index contributed by atoms with van der Waals surface area (Å²) in [6, 6.07) is 3.26. The number of aromatic nitrogens is 2. The molecule has 10 nitrogen and oxygen atoms in total. The molecule has 0 bridgehead atoms. The van der Waals surface area contributed by atoms with Crippen LogP contribution in [0.25, 0.3) is 0 Å². The first kappa shape index (κ1) is 28.6. The minimum absolute atomic E-state index is 0.0801. The molecule has 0 radical (unpaired) electrons. The Labute approximate surface area is 226 Å². The smallest absolute Gasteiger partial charge is 0.355 e. The number of carbonyl (C=O) groups is 2. The van der Waals surface area contributed by atoms with Crippen LogP contribution in [0, 0.1) is 0 Å². The van der Waals surface area contributed by atoms with Gasteiger partial charge in [0.25, 0.3) is 0 Å². The summed E-state index contributed by atoms with van der Waals surface area (Å²) in [6.45, 7) is 6.34. The molecule has 2 aliphatic rings. The number of nitrogens with zero attached hydrogens (tertiary/aromatic N) is 6. The predicted octanol–water partition coefficient (Wildman–Crippen LogP) is 3.33. The summed E-state index contributed by atoms with van der Waals surface area (Å²) in [5, 5.41) is 5.27. The highest BCUT2D eigenvalue weighted by molar-refractivity contribution is 5.89. The highest BCUT2D eigenvalue weighted by Crippen LogP contribution is 2.33. The van der Waals surface area contributed by atoms with Crippen LogP contribution in [0.5, 0.6) is 0 Å². The number of alkyl halides is 3. The molecule has 212 valence electrons. The van der Waals surface area contributed by atoms with Crippen molar-refractivity contribution >= 4 is 29.3 Å². The second-order valence-corrected chi connectivity index (χ2v) is 10.2. The first-order chi connectivity index (χ1) is 18.5. The summed E-state index contributed by atoms with van der Waals surface area (Å²) in [6.07, 6.45) is -0.100. The van der Waals surface area contributed by atoms with Crippen molar-refractivity contribution in [2.45, 2.75) is 38.5 Å². The van der Waals surface area contributed by atoms with Crippen molar-refractivity contribution in [2.75, 3.05) is 68.9 Å². The van der Waals surface area contributed by atoms with E-state index < -0.39 is 17.8 Å². The molecule has 0 aliphatic carbocycles. The van der Waals surface area contributed by atoms with Crippen LogP contribution >= 0.6 is 0 Å². The Morgan fingerprint density at radius 1 is 1.00 bits per heavy atom. The number of hydrogen-bond donors (Lipinski definition) is 2. The number of nitrogens with one attached hydrogen (secondary N) is 2. The zero-order chi connectivity index (χ0) is 28.2. The fraction of sp³-hybridized carbons (Fsp3) is 0.538. The number of halogens is 3. The van der Waals surface area contributed by atoms with Gasteiger partial charge >= 0.3 is 12.2 Å². The number of urea groups is 1. The van der Waals surface area contributed by atoms with Gasteiger partial charge in [-0.15, -0.1) is 0 Å². The largest absolute Gasteiger partial charge is 0.416 e. The number of benzene rings is 1. The van der Waals surface area contributed by atoms with Gasteiger partial charge in [-0.2, -0.15) is 13.2 Å². The van der Waals surface area contributed by atoms with Gasteiger partial charge in [0.05, 0.1) is 18.0 Å². The number of carbonyl (C=O) groups excluding carboxylic acids is 2. The lowest BCUT2D eigenvalue weighted by molar-refractivity contribution is -0.137. The Morgan fingerprint density at radius 3 is 2.28 bits per heavy atom. The van der Waals surface area contributed by atoms with Crippen LogP contribution in [0.3, 0.4) is 0 Å². The van der Waals surface area contributed by atoms with E-state index in [0.717, 1.165) is 32.2 Å². The maximum atomic E-state index is 13.6. The minimum atomic E-state index is -4.51. The Bertz CT molecular complexity index is 1140. The topological polar surface area (TPSA) is 96.9 Å². The van der Waals surface area contributed by atoms with Gasteiger partial charge in [-0.25, -0.2) is 14.8 Å². The first-order valence-electron chi connectivity index (χ1n) is 13.0. The number of amides is 3. The standard InChI is InChI=1S/C26H35F3N8O2/c1-18(38)32-23-15-31-24(16-30-23)37-6-4-22(5-7-37)35(3)25(39)33-21-13-19(12-20(14-21)26(27,28)29)17-36-10-8-34(2)9-11-36/h12-16,22H,4-11,17H2,1-3H3,(H,33,39)(H,30,32,38). The van der Waals surface area contributed by atoms with E-state index in [1.165, 1.54) is 19.2 Å². The van der Waals surface area contributed by atoms with Gasteiger partial charge in [-0.1, -0.05) is 0 Å². The molecular weight excluding hydrogens is 513 g/mol. The fourth-order valence-electron chi connectivity index (χ4n) is 4.87. The summed E-state index contributed by atoms with van der Waals surface area (Å²) in [4.78, 5) is 40.7. The predicted molar refractivity (Wildman–Crippen MR) is 143 cm³/mol. The van der Waals surface area contributed by atoms with Crippen molar-refractivity contribution in [2.24, 2.45) is 0 Å². The summed E-state index contributed by atoms with van der Waals surface area (Å²) in [7, 11) is 3.69. The van der Waals surface area contributed by atoms with Crippen LogP contribution in [-0.4, -0.2) is 96.0 Å². The number of piperazine rings is 1. The first-order valence-corrected chi connectivity index (χ1v) is 13.0. The number of piperidine rings is 1. The Hall–Kier alpha value is -3.45. The zero-order valence-corrected chi connectivity index (χ0v) is 22.5. The molecule has 3 amide bonds. The summed E-state index contributed by atoms with van der Waals surface area (Å²) < 4.78 is 40.9. The second kappa shape index (κ2) is 12.2. The number of rotatable bonds is 6. The molecular formula is C26H35F3N8O2. The average molecular weight is 549 g/mol. The number of hydrogen-bond acceptors (Lipinski definition) is 7. The van der Waals surface area contributed by atoms with E-state index in [2.05, 4.69) is 30.4 Å². The lowest BCUT2D eigenvalue weighted by Gasteiger charge is -2.37. The van der Waals surface area contributed by atoms with Crippen LogP contribution in [0.15, 0.2) is 30.6 Å². The highest BCUT2D eigenvalue weighted by atomic mass is 19.4. The monoisotopic (exact) mass is 548 g/mol. The zero-order valence-electron chi connectivity index (χ0n) is 22.5. The molecule has 0 atom stereocenters. The lowest BCUT2D eigenvalue weighted by Crippen LogP contribution is -2.47. The van der Waals surface area contributed by atoms with E-state index in [1.807, 2.05) is 11.9 Å². The van der Waals surface area contributed by atoms with Crippen LogP contribution in [0.4, 0.5) is 35.3 Å². The van der Waals surface area contributed by atoms with Gasteiger partial charge in [-0.05, 0) is 43.7 Å². The van der Waals surface area contributed by atoms with Gasteiger partial charge in [0.1, 0.15) is 5.82 Å². The molecule has 3 heterocycles. The summed E-state index contributed by atoms with van der Waals surface area (Å²) >= 11 is 0. The van der Waals surface area contributed by atoms with E-state index in [9.17, 15) is 22.8 Å². The van der Waals surface area contributed by atoms with Crippen molar-refractivity contribution in [3.63, 3.8) is 0 Å². The Kier molecular flexibility index (Phi) is 8.90. The van der Waals surface area contributed by atoms with Crippen LogP contribution < -0.4 is 15.5 Å². The third-order valence-corrected chi connectivity index (χ3v) is 7.17. The van der Waals surface area contributed by atoms with E-state index >= 15 is 0 Å². The van der Waals surface area contributed by atoms with Gasteiger partial charge in [0.15, 0.2) is 5.82 Å². The molecule has 0 spiro atoms. The molecule has 2 fully saturated rings. The quantitative estimate of drug-likeness (QED) is 0.572. The molecule has 13 heteroatoms. The third kappa shape index (κ3) is 7.79. The van der Waals surface area contributed by atoms with Crippen molar-refractivity contribution in [1.82, 2.24) is 24.7 Å². The maximum absolute atomic E-state index is 13.6. The van der Waals surface area contributed by atoms with E-state index in [1.54, 1.807) is 24.2 Å². The van der Waals surface area contributed by atoms with Gasteiger partial charge in [0, 0.05) is 71.5 Å². The molecule has 2 saturated heterocycles. The average Bonchev–Trinajstić information content (AvgIpc) is 2.89. The molecule has 0 saturated carbocycles. The molecule has 0 unspecified atom stereocenters. The van der Waals surface area contributed by atoms with E-state index in [4.69, 9.17) is 0 Å². The van der Waals surface area contributed by atoms with Gasteiger partial charge < -0.3 is 25.3 Å². The normalized spacial score (nSPS) is 17.6. The molecule has 2 aromatic rings. The van der Waals surface area contributed by atoms with Crippen LogP contribution in [-0.2, 0) is 17.5 Å². The highest BCUT2D eigenvalue weighted by Gasteiger charge is 2.32. The maximum Gasteiger partial charge on any atom is 0.416 e. The van der Waals surface area contributed by atoms with E-state index in [0.29, 0.717) is 49.7 Å². The summed E-state index contributed by atoms with van der Waals surface area (Å²) in [5.41, 5.74) is -0.116. The van der Waals surface area contributed by atoms with Crippen molar-refractivity contribution in [3.8, 4) is 0 Å². The Morgan fingerprint density at radius 2 is 1.69 bits per heavy atom. The molecule has 2 aliphatic heterocycles. The van der Waals surface area contributed by atoms with E-state index in [-0.39, 0.29) is 17.6 Å². The third-order valence-electron chi connectivity index (χ3n) is 7.17. The van der Waals surface area contributed by atoms with Crippen molar-refractivity contribution in [1.29, 1.82) is 0 Å². The molecule has 4 rings (SSSR count). The SMILES string of the molecule is CC(=O)Nc1cnc(N2CCC(N(C)C(=O)Nc3cc(CN4CCN(C)CC4)cc(C(F)(F)F)c3)CC2)cn1. The lowest BCUT2D eigenvalue weighted by atomic mass is 10.0. The second-order valence-electron chi connectivity index (χ2n) is 10.2. The molecule has 1 aromatic heterocycles. The molecule has 1 aromatic carbocycles.